The van der Waals surface area contributed by atoms with Gasteiger partial charge in [0.1, 0.15) is 6.04 Å². The number of esters is 1. The van der Waals surface area contributed by atoms with E-state index in [0.29, 0.717) is 40.4 Å². The number of aromatic nitrogens is 1. The monoisotopic (exact) mass is 335 g/mol. The van der Waals surface area contributed by atoms with Crippen molar-refractivity contribution in [3.63, 3.8) is 0 Å². The molecule has 0 unspecified atom stereocenters. The minimum Gasteiger partial charge on any atom is -0.465 e. The largest absolute Gasteiger partial charge is 0.465 e. The maximum absolute atomic E-state index is 12.9. The van der Waals surface area contributed by atoms with Crippen LogP contribution in [-0.2, 0) is 4.74 Å². The normalized spacial score (nSPS) is 25.3. The Balaban J connectivity index is 2.15. The Morgan fingerprint density at radius 1 is 1.25 bits per heavy atom. The highest BCUT2D eigenvalue weighted by atomic mass is 16.5. The average molecular weight is 335 g/mol. The molecule has 0 amide bonds. The van der Waals surface area contributed by atoms with Crippen molar-refractivity contribution in [2.45, 2.75) is 66.0 Å². The molecule has 1 aromatic heterocycles. The number of ketones is 1. The maximum atomic E-state index is 12.9. The molecule has 24 heavy (non-hydrogen) atoms. The predicted molar refractivity (Wildman–Crippen MR) is 93.3 cm³/mol. The summed E-state index contributed by atoms with van der Waals surface area (Å²) in [6.07, 6.45) is 3.69. The number of Topliss-reactive ketones (excluding diaryl/α,β-unsaturated/α-hetero) is 1. The summed E-state index contributed by atoms with van der Waals surface area (Å²) in [6.45, 7) is 10.2. The molecule has 1 aliphatic rings. The number of nitrogens with two attached hydrogens (primary N) is 1. The van der Waals surface area contributed by atoms with Crippen LogP contribution in [0, 0.1) is 25.7 Å². The lowest BCUT2D eigenvalue weighted by Gasteiger charge is -2.33. The number of nitrogens with one attached hydrogen (secondary N) is 1. The number of hydrogen-bond donors (Lipinski definition) is 2. The molecule has 1 heterocycles. The Hall–Kier alpha value is -1.62. The fourth-order valence-electron chi connectivity index (χ4n) is 3.99. The van der Waals surface area contributed by atoms with Crippen LogP contribution in [0.4, 0.5) is 0 Å². The number of carbonyl (C=O) groups excluding carboxylic acids is 2. The minimum absolute atomic E-state index is 0.0520. The van der Waals surface area contributed by atoms with Crippen molar-refractivity contribution in [2.24, 2.45) is 11.8 Å². The van der Waals surface area contributed by atoms with Crippen molar-refractivity contribution in [2.75, 3.05) is 7.11 Å². The summed E-state index contributed by atoms with van der Waals surface area (Å²) in [6, 6.07) is 0.328. The van der Waals surface area contributed by atoms with Gasteiger partial charge in [-0.3, -0.25) is 4.79 Å². The molecule has 0 bridgehead atoms. The number of rotatable bonds is 5. The van der Waals surface area contributed by atoms with Crippen LogP contribution in [0.1, 0.15) is 72.1 Å². The highest BCUT2D eigenvalue weighted by molar-refractivity contribution is 6.03. The number of methoxy groups -OCH3 is 1. The number of hydrogen-bond acceptors (Lipinski definition) is 3. The van der Waals surface area contributed by atoms with Crippen LogP contribution < -0.4 is 5.32 Å². The molecule has 0 aliphatic heterocycles. The molecule has 2 rings (SSSR count). The molecule has 1 aromatic rings. The van der Waals surface area contributed by atoms with Crippen molar-refractivity contribution < 1.29 is 19.6 Å². The fourth-order valence-corrected chi connectivity index (χ4v) is 3.99. The molecular weight excluding hydrogens is 304 g/mol. The zero-order chi connectivity index (χ0) is 18.0. The smallest absolute Gasteiger partial charge is 0.339 e. The van der Waals surface area contributed by atoms with Crippen LogP contribution in [0.5, 0.6) is 0 Å². The zero-order valence-electron chi connectivity index (χ0n) is 15.7. The third-order valence-corrected chi connectivity index (χ3v) is 5.79. The molecule has 0 saturated heterocycles. The summed E-state index contributed by atoms with van der Waals surface area (Å²) >= 11 is 0. The highest BCUT2D eigenvalue weighted by Crippen LogP contribution is 2.28. The van der Waals surface area contributed by atoms with E-state index >= 15 is 0 Å². The number of carbonyl (C=O) groups is 2. The molecule has 0 aromatic carbocycles. The molecule has 0 spiro atoms. The third-order valence-electron chi connectivity index (χ3n) is 5.79. The molecule has 1 fully saturated rings. The Labute approximate surface area is 144 Å². The standard InChI is InChI=1S/C19H30N2O3/c1-10-8-7-9-15(11(10)2)20-14(5)18(22)17-12(3)16(13(4)21-17)19(23)24-6/h10-11,14-15,20-21H,7-9H2,1-6H3/p+1/t10-,11-,14+,15-/m0/s1. The van der Waals surface area contributed by atoms with Gasteiger partial charge in [-0.2, -0.15) is 0 Å². The van der Waals surface area contributed by atoms with E-state index in [1.54, 1.807) is 13.8 Å². The molecule has 4 atom stereocenters. The van der Waals surface area contributed by atoms with Crippen LogP contribution >= 0.6 is 0 Å². The fraction of sp³-hybridized carbons (Fsp3) is 0.684. The van der Waals surface area contributed by atoms with E-state index in [1.807, 2.05) is 6.92 Å². The van der Waals surface area contributed by atoms with Crippen molar-refractivity contribution in [1.82, 2.24) is 4.98 Å². The van der Waals surface area contributed by atoms with Gasteiger partial charge >= 0.3 is 5.97 Å². The van der Waals surface area contributed by atoms with Gasteiger partial charge in [0.2, 0.25) is 5.78 Å². The summed E-state index contributed by atoms with van der Waals surface area (Å²) in [7, 11) is 1.36. The number of quaternary nitrogens is 1. The van der Waals surface area contributed by atoms with Gasteiger partial charge < -0.3 is 15.0 Å². The first-order valence-electron chi connectivity index (χ1n) is 8.94. The highest BCUT2D eigenvalue weighted by Gasteiger charge is 2.34. The lowest BCUT2D eigenvalue weighted by molar-refractivity contribution is -0.714. The van der Waals surface area contributed by atoms with E-state index in [-0.39, 0.29) is 11.8 Å². The van der Waals surface area contributed by atoms with E-state index in [1.165, 1.54) is 26.4 Å². The molecular formula is C19H31N2O3+. The quantitative estimate of drug-likeness (QED) is 0.641. The lowest BCUT2D eigenvalue weighted by atomic mass is 9.77. The first-order valence-corrected chi connectivity index (χ1v) is 8.94. The van der Waals surface area contributed by atoms with Crippen LogP contribution in [-0.4, -0.2) is 35.9 Å². The first-order chi connectivity index (χ1) is 11.3. The molecule has 5 heteroatoms. The van der Waals surface area contributed by atoms with Gasteiger partial charge in [-0.15, -0.1) is 0 Å². The lowest BCUT2D eigenvalue weighted by Crippen LogP contribution is -2.97. The predicted octanol–water partition coefficient (Wildman–Crippen LogP) is 2.38. The zero-order valence-corrected chi connectivity index (χ0v) is 15.7. The number of aromatic amines is 1. The van der Waals surface area contributed by atoms with Gasteiger partial charge in [0.05, 0.1) is 24.4 Å². The van der Waals surface area contributed by atoms with Gasteiger partial charge in [-0.05, 0) is 51.5 Å². The maximum Gasteiger partial charge on any atom is 0.339 e. The van der Waals surface area contributed by atoms with Crippen LogP contribution in [0.25, 0.3) is 0 Å². The number of aryl methyl sites for hydroxylation is 1. The second-order valence-corrected chi connectivity index (χ2v) is 7.39. The Kier molecular flexibility index (Phi) is 5.86. The van der Waals surface area contributed by atoms with Gasteiger partial charge in [-0.1, -0.05) is 13.8 Å². The van der Waals surface area contributed by atoms with Crippen molar-refractivity contribution >= 4 is 11.8 Å². The summed E-state index contributed by atoms with van der Waals surface area (Å²) in [4.78, 5) is 27.9. The number of ether oxygens (including phenoxy) is 1. The molecule has 0 radical (unpaired) electrons. The first kappa shape index (κ1) is 18.7. The summed E-state index contributed by atoms with van der Waals surface area (Å²) in [5, 5.41) is 2.22. The van der Waals surface area contributed by atoms with Gasteiger partial charge in [0.15, 0.2) is 0 Å². The van der Waals surface area contributed by atoms with Crippen LogP contribution in [0.15, 0.2) is 0 Å². The topological polar surface area (TPSA) is 75.8 Å². The Morgan fingerprint density at radius 3 is 2.54 bits per heavy atom. The summed E-state index contributed by atoms with van der Waals surface area (Å²) < 4.78 is 4.82. The van der Waals surface area contributed by atoms with Crippen LogP contribution in [0.3, 0.4) is 0 Å². The van der Waals surface area contributed by atoms with Gasteiger partial charge in [0.25, 0.3) is 0 Å². The van der Waals surface area contributed by atoms with E-state index in [2.05, 4.69) is 24.1 Å². The number of H-pyrrole nitrogens is 1. The molecule has 134 valence electrons. The van der Waals surface area contributed by atoms with Crippen molar-refractivity contribution in [3.8, 4) is 0 Å². The van der Waals surface area contributed by atoms with Gasteiger partial charge in [0, 0.05) is 11.6 Å². The van der Waals surface area contributed by atoms with E-state index in [4.69, 9.17) is 4.74 Å². The minimum atomic E-state index is -0.397. The molecule has 5 nitrogen and oxygen atoms in total. The second kappa shape index (κ2) is 7.51. The molecule has 1 aliphatic carbocycles. The molecule has 3 N–H and O–H groups in total. The van der Waals surface area contributed by atoms with E-state index < -0.39 is 5.97 Å². The summed E-state index contributed by atoms with van der Waals surface area (Å²) in [5.41, 5.74) is 2.39. The van der Waals surface area contributed by atoms with Gasteiger partial charge in [-0.25, -0.2) is 4.79 Å². The Bertz CT molecular complexity index is 620. The average Bonchev–Trinajstić information content (AvgIpc) is 2.85. The van der Waals surface area contributed by atoms with Crippen molar-refractivity contribution in [1.29, 1.82) is 0 Å². The summed E-state index contributed by atoms with van der Waals surface area (Å²) in [5.74, 6) is 0.983. The Morgan fingerprint density at radius 2 is 1.92 bits per heavy atom. The van der Waals surface area contributed by atoms with E-state index in [9.17, 15) is 9.59 Å². The van der Waals surface area contributed by atoms with Crippen molar-refractivity contribution in [3.05, 3.63) is 22.5 Å². The SMILES string of the molecule is COC(=O)c1c(C)[nH]c(C(=O)[C@@H](C)[NH2+][C@H]2CCC[C@H](C)[C@@H]2C)c1C. The second-order valence-electron chi connectivity index (χ2n) is 7.39. The van der Waals surface area contributed by atoms with Crippen LogP contribution in [0.2, 0.25) is 0 Å². The van der Waals surface area contributed by atoms with E-state index in [0.717, 1.165) is 0 Å². The molecule has 1 saturated carbocycles. The third kappa shape index (κ3) is 3.56.